The van der Waals surface area contributed by atoms with Crippen molar-refractivity contribution < 1.29 is 19.4 Å². The summed E-state index contributed by atoms with van der Waals surface area (Å²) in [6, 6.07) is 3.15. The van der Waals surface area contributed by atoms with Gasteiger partial charge in [0, 0.05) is 6.20 Å². The topological polar surface area (TPSA) is 109 Å². The molecule has 0 unspecified atom stereocenters. The number of aromatic nitrogens is 2. The predicted octanol–water partition coefficient (Wildman–Crippen LogP) is 1.16. The number of carbonyl (C=O) groups is 2. The summed E-state index contributed by atoms with van der Waals surface area (Å²) in [6.07, 6.45) is 2.49. The maximum Gasteiger partial charge on any atom is 0.341 e. The monoisotopic (exact) mass is 302 g/mol. The van der Waals surface area contributed by atoms with Crippen LogP contribution in [0.15, 0.2) is 28.7 Å². The van der Waals surface area contributed by atoms with Crippen LogP contribution in [0.5, 0.6) is 5.75 Å². The minimum absolute atomic E-state index is 0.0907. The first-order valence-corrected chi connectivity index (χ1v) is 6.55. The fraction of sp³-hybridized carbons (Fsp3) is 0.200. The Morgan fingerprint density at radius 3 is 2.82 bits per heavy atom. The molecule has 2 aromatic rings. The van der Waals surface area contributed by atoms with Crippen LogP contribution < -0.4 is 5.56 Å². The van der Waals surface area contributed by atoms with E-state index < -0.39 is 17.3 Å². The number of nitrogens with one attached hydrogen (secondary N) is 1. The normalized spacial score (nSPS) is 11.5. The molecular weight excluding hydrogens is 288 g/mol. The largest absolute Gasteiger partial charge is 0.506 e. The standard InChI is InChI=1S/C15H14N2O5/c1-3-22-15(21)10(8(2)18)7-11-12(19)9-5-4-6-16-13(9)17-14(11)20/h4-7H,3H2,1-2H3,(H2,16,17,19,20). The highest BCUT2D eigenvalue weighted by Crippen LogP contribution is 2.25. The molecule has 0 bridgehead atoms. The van der Waals surface area contributed by atoms with Crippen LogP contribution in [0.1, 0.15) is 19.4 Å². The van der Waals surface area contributed by atoms with Crippen molar-refractivity contribution in [1.29, 1.82) is 0 Å². The molecular formula is C15H14N2O5. The molecule has 2 heterocycles. The van der Waals surface area contributed by atoms with Gasteiger partial charge in [-0.15, -0.1) is 0 Å². The van der Waals surface area contributed by atoms with Crippen molar-refractivity contribution in [2.45, 2.75) is 13.8 Å². The van der Waals surface area contributed by atoms with Crippen molar-refractivity contribution in [2.75, 3.05) is 6.61 Å². The lowest BCUT2D eigenvalue weighted by Gasteiger charge is -2.06. The van der Waals surface area contributed by atoms with Gasteiger partial charge in [0.05, 0.1) is 17.6 Å². The number of H-pyrrole nitrogens is 1. The van der Waals surface area contributed by atoms with E-state index in [4.69, 9.17) is 4.74 Å². The van der Waals surface area contributed by atoms with Crippen LogP contribution in [0, 0.1) is 0 Å². The van der Waals surface area contributed by atoms with Crippen LogP contribution in [0.3, 0.4) is 0 Å². The molecule has 0 amide bonds. The zero-order chi connectivity index (χ0) is 16.3. The number of carbonyl (C=O) groups excluding carboxylic acids is 2. The molecule has 2 N–H and O–H groups in total. The number of hydrogen-bond acceptors (Lipinski definition) is 6. The van der Waals surface area contributed by atoms with Gasteiger partial charge in [-0.2, -0.15) is 0 Å². The van der Waals surface area contributed by atoms with E-state index in [1.165, 1.54) is 13.1 Å². The third-order valence-electron chi connectivity index (χ3n) is 2.96. The van der Waals surface area contributed by atoms with E-state index in [2.05, 4.69) is 9.97 Å². The van der Waals surface area contributed by atoms with Crippen LogP contribution in [-0.2, 0) is 14.3 Å². The number of pyridine rings is 2. The van der Waals surface area contributed by atoms with Crippen molar-refractivity contribution in [3.63, 3.8) is 0 Å². The van der Waals surface area contributed by atoms with Crippen molar-refractivity contribution in [3.05, 3.63) is 39.8 Å². The number of aromatic hydroxyl groups is 1. The van der Waals surface area contributed by atoms with Gasteiger partial charge in [0.25, 0.3) is 5.56 Å². The Morgan fingerprint density at radius 1 is 1.45 bits per heavy atom. The zero-order valence-electron chi connectivity index (χ0n) is 12.0. The molecule has 0 aliphatic carbocycles. The van der Waals surface area contributed by atoms with Crippen LogP contribution in [0.4, 0.5) is 0 Å². The molecule has 22 heavy (non-hydrogen) atoms. The molecule has 0 radical (unpaired) electrons. The van der Waals surface area contributed by atoms with Gasteiger partial charge in [-0.25, -0.2) is 9.78 Å². The number of rotatable bonds is 4. The Morgan fingerprint density at radius 2 is 2.18 bits per heavy atom. The number of fused-ring (bicyclic) bond motifs is 1. The number of ketones is 1. The van der Waals surface area contributed by atoms with Gasteiger partial charge >= 0.3 is 5.97 Å². The van der Waals surface area contributed by atoms with Crippen LogP contribution in [0.25, 0.3) is 17.1 Å². The third-order valence-corrected chi connectivity index (χ3v) is 2.96. The van der Waals surface area contributed by atoms with Crippen molar-refractivity contribution in [1.82, 2.24) is 9.97 Å². The predicted molar refractivity (Wildman–Crippen MR) is 79.3 cm³/mol. The maximum atomic E-state index is 12.0. The molecule has 0 aliphatic rings. The van der Waals surface area contributed by atoms with Gasteiger partial charge in [0.2, 0.25) is 0 Å². The van der Waals surface area contributed by atoms with Gasteiger partial charge in [0.1, 0.15) is 17.0 Å². The molecule has 0 aromatic carbocycles. The molecule has 0 atom stereocenters. The molecule has 2 rings (SSSR count). The smallest absolute Gasteiger partial charge is 0.341 e. The van der Waals surface area contributed by atoms with E-state index in [1.54, 1.807) is 19.1 Å². The summed E-state index contributed by atoms with van der Waals surface area (Å²) in [5.74, 6) is -1.77. The van der Waals surface area contributed by atoms with E-state index in [0.29, 0.717) is 5.39 Å². The molecule has 7 nitrogen and oxygen atoms in total. The first-order chi connectivity index (χ1) is 10.5. The summed E-state index contributed by atoms with van der Waals surface area (Å²) >= 11 is 0. The number of esters is 1. The Labute approximate surface area is 125 Å². The second-order valence-electron chi connectivity index (χ2n) is 4.45. The number of Topliss-reactive ketones (excluding diaryl/α,β-unsaturated/α-hetero) is 1. The Balaban J connectivity index is 2.67. The minimum Gasteiger partial charge on any atom is -0.506 e. The first kappa shape index (κ1) is 15.4. The van der Waals surface area contributed by atoms with Gasteiger partial charge in [0.15, 0.2) is 5.78 Å². The summed E-state index contributed by atoms with van der Waals surface area (Å²) in [5, 5.41) is 10.5. The Hall–Kier alpha value is -2.96. The molecule has 0 spiro atoms. The van der Waals surface area contributed by atoms with Gasteiger partial charge < -0.3 is 14.8 Å². The Kier molecular flexibility index (Phi) is 4.36. The molecule has 0 aliphatic heterocycles. The van der Waals surface area contributed by atoms with Crippen LogP contribution in [-0.4, -0.2) is 33.4 Å². The highest BCUT2D eigenvalue weighted by Gasteiger charge is 2.19. The molecule has 0 saturated carbocycles. The summed E-state index contributed by atoms with van der Waals surface area (Å²) in [7, 11) is 0. The number of aromatic amines is 1. The average Bonchev–Trinajstić information content (AvgIpc) is 2.47. The van der Waals surface area contributed by atoms with E-state index in [9.17, 15) is 19.5 Å². The van der Waals surface area contributed by atoms with Gasteiger partial charge in [-0.05, 0) is 32.1 Å². The fourth-order valence-corrected chi connectivity index (χ4v) is 1.91. The van der Waals surface area contributed by atoms with E-state index in [0.717, 1.165) is 6.08 Å². The lowest BCUT2D eigenvalue weighted by molar-refractivity contribution is -0.139. The molecule has 114 valence electrons. The molecule has 0 saturated heterocycles. The summed E-state index contributed by atoms with van der Waals surface area (Å²) < 4.78 is 4.77. The highest BCUT2D eigenvalue weighted by atomic mass is 16.5. The lowest BCUT2D eigenvalue weighted by Crippen LogP contribution is -2.16. The second kappa shape index (κ2) is 6.21. The van der Waals surface area contributed by atoms with Crippen molar-refractivity contribution >= 4 is 28.9 Å². The van der Waals surface area contributed by atoms with Crippen LogP contribution >= 0.6 is 0 Å². The fourth-order valence-electron chi connectivity index (χ4n) is 1.91. The molecule has 0 fully saturated rings. The second-order valence-corrected chi connectivity index (χ2v) is 4.45. The summed E-state index contributed by atoms with van der Waals surface area (Å²) in [4.78, 5) is 41.8. The zero-order valence-corrected chi connectivity index (χ0v) is 12.0. The molecule has 2 aromatic heterocycles. The van der Waals surface area contributed by atoms with E-state index >= 15 is 0 Å². The number of ether oxygens (including phenoxy) is 1. The maximum absolute atomic E-state index is 12.0. The van der Waals surface area contributed by atoms with Crippen LogP contribution in [0.2, 0.25) is 0 Å². The quantitative estimate of drug-likeness (QED) is 0.380. The minimum atomic E-state index is -0.847. The Bertz CT molecular complexity index is 835. The SMILES string of the molecule is CCOC(=O)C(=Cc1c(O)c2cccnc2[nH]c1=O)C(C)=O. The summed E-state index contributed by atoms with van der Waals surface area (Å²) in [6.45, 7) is 2.87. The number of hydrogen-bond donors (Lipinski definition) is 2. The highest BCUT2D eigenvalue weighted by molar-refractivity contribution is 6.20. The van der Waals surface area contributed by atoms with Gasteiger partial charge in [-0.1, -0.05) is 0 Å². The van der Waals surface area contributed by atoms with E-state index in [1.807, 2.05) is 0 Å². The molecule has 7 heteroatoms. The van der Waals surface area contributed by atoms with Gasteiger partial charge in [-0.3, -0.25) is 9.59 Å². The number of nitrogens with zero attached hydrogens (tertiary/aromatic N) is 1. The first-order valence-electron chi connectivity index (χ1n) is 6.55. The lowest BCUT2D eigenvalue weighted by atomic mass is 10.1. The van der Waals surface area contributed by atoms with Crippen molar-refractivity contribution in [3.8, 4) is 5.75 Å². The van der Waals surface area contributed by atoms with E-state index in [-0.39, 0.29) is 29.1 Å². The average molecular weight is 302 g/mol. The summed E-state index contributed by atoms with van der Waals surface area (Å²) in [5.41, 5.74) is -0.959. The third kappa shape index (κ3) is 2.88. The van der Waals surface area contributed by atoms with Crippen molar-refractivity contribution in [2.24, 2.45) is 0 Å².